The van der Waals surface area contributed by atoms with Crippen LogP contribution in [0.2, 0.25) is 0 Å². The molecule has 0 saturated heterocycles. The molecule has 0 N–H and O–H groups in total. The van der Waals surface area contributed by atoms with Crippen LogP contribution in [0.3, 0.4) is 0 Å². The second-order valence-electron chi connectivity index (χ2n) is 2.36. The molecule has 12 heavy (non-hydrogen) atoms. The average Bonchev–Trinajstić information content (AvgIpc) is 2.07. The predicted octanol–water partition coefficient (Wildman–Crippen LogP) is 1.47. The predicted molar refractivity (Wildman–Crippen MR) is 50.0 cm³/mol. The van der Waals surface area contributed by atoms with Crippen molar-refractivity contribution in [3.63, 3.8) is 0 Å². The highest BCUT2D eigenvalue weighted by Crippen LogP contribution is 1.91. The van der Waals surface area contributed by atoms with Crippen molar-refractivity contribution in [3.8, 4) is 0 Å². The van der Waals surface area contributed by atoms with Gasteiger partial charge in [-0.2, -0.15) is 0 Å². The average molecular weight is 173 g/mol. The first-order valence-electron chi connectivity index (χ1n) is 4.29. The number of carbonyl (C=O) groups excluding carboxylic acids is 2. The van der Waals surface area contributed by atoms with Crippen LogP contribution in [0.1, 0.15) is 33.6 Å². The Kier molecular flexibility index (Phi) is 9.41. The van der Waals surface area contributed by atoms with Gasteiger partial charge < -0.3 is 4.90 Å². The molecule has 0 aliphatic rings. The van der Waals surface area contributed by atoms with Crippen molar-refractivity contribution in [2.75, 3.05) is 14.1 Å². The van der Waals surface area contributed by atoms with Crippen LogP contribution in [0.15, 0.2) is 0 Å². The molecule has 1 amide bonds. The molecule has 0 radical (unpaired) electrons. The van der Waals surface area contributed by atoms with Gasteiger partial charge in [0.2, 0.25) is 5.91 Å². The molecule has 0 aromatic carbocycles. The van der Waals surface area contributed by atoms with Gasteiger partial charge in [-0.25, -0.2) is 0 Å². The Bertz CT molecular complexity index is 141. The molecule has 0 aliphatic carbocycles. The number of amides is 1. The highest BCUT2D eigenvalue weighted by atomic mass is 16.2. The standard InChI is InChI=1S/C7H13NO2.C2H6/c1-4-6(9)5-7(10)8(2)3;1-2/h4-5H2,1-3H3;1-2H3. The molecular weight excluding hydrogens is 154 g/mol. The van der Waals surface area contributed by atoms with Crippen molar-refractivity contribution in [1.29, 1.82) is 0 Å². The number of nitrogens with zero attached hydrogens (tertiary/aromatic N) is 1. The number of hydrogen-bond donors (Lipinski definition) is 0. The van der Waals surface area contributed by atoms with Crippen molar-refractivity contribution in [2.24, 2.45) is 0 Å². The Morgan fingerprint density at radius 1 is 1.17 bits per heavy atom. The molecule has 0 fully saturated rings. The zero-order valence-corrected chi connectivity index (χ0v) is 8.68. The molecule has 0 atom stereocenters. The van der Waals surface area contributed by atoms with E-state index in [-0.39, 0.29) is 18.1 Å². The topological polar surface area (TPSA) is 37.4 Å². The van der Waals surface area contributed by atoms with Crippen LogP contribution in [-0.2, 0) is 9.59 Å². The fraction of sp³-hybridized carbons (Fsp3) is 0.778. The monoisotopic (exact) mass is 173 g/mol. The summed E-state index contributed by atoms with van der Waals surface area (Å²) in [6.45, 7) is 5.76. The van der Waals surface area contributed by atoms with E-state index in [4.69, 9.17) is 0 Å². The quantitative estimate of drug-likeness (QED) is 0.606. The van der Waals surface area contributed by atoms with E-state index in [1.807, 2.05) is 13.8 Å². The van der Waals surface area contributed by atoms with Crippen LogP contribution >= 0.6 is 0 Å². The van der Waals surface area contributed by atoms with Crippen LogP contribution in [0.25, 0.3) is 0 Å². The maximum absolute atomic E-state index is 10.8. The van der Waals surface area contributed by atoms with Crippen LogP contribution in [-0.4, -0.2) is 30.7 Å². The van der Waals surface area contributed by atoms with Crippen molar-refractivity contribution in [1.82, 2.24) is 4.90 Å². The van der Waals surface area contributed by atoms with Crippen LogP contribution in [0.4, 0.5) is 0 Å². The van der Waals surface area contributed by atoms with Gasteiger partial charge in [-0.15, -0.1) is 0 Å². The lowest BCUT2D eigenvalue weighted by atomic mass is 10.2. The first-order chi connectivity index (χ1) is 5.57. The fourth-order valence-electron chi connectivity index (χ4n) is 0.452. The van der Waals surface area contributed by atoms with E-state index in [0.717, 1.165) is 0 Å². The highest BCUT2D eigenvalue weighted by Gasteiger charge is 2.07. The molecule has 0 saturated carbocycles. The van der Waals surface area contributed by atoms with Crippen LogP contribution in [0, 0.1) is 0 Å². The number of rotatable bonds is 3. The van der Waals surface area contributed by atoms with Crippen molar-refractivity contribution in [2.45, 2.75) is 33.6 Å². The van der Waals surface area contributed by atoms with E-state index < -0.39 is 0 Å². The third-order valence-corrected chi connectivity index (χ3v) is 1.24. The van der Waals surface area contributed by atoms with Crippen molar-refractivity contribution < 1.29 is 9.59 Å². The van der Waals surface area contributed by atoms with E-state index in [1.54, 1.807) is 21.0 Å². The van der Waals surface area contributed by atoms with Gasteiger partial charge in [0.1, 0.15) is 5.78 Å². The van der Waals surface area contributed by atoms with Gasteiger partial charge in [0.15, 0.2) is 0 Å². The minimum atomic E-state index is -0.119. The van der Waals surface area contributed by atoms with Gasteiger partial charge in [-0.3, -0.25) is 9.59 Å². The van der Waals surface area contributed by atoms with E-state index in [0.29, 0.717) is 6.42 Å². The van der Waals surface area contributed by atoms with Gasteiger partial charge in [-0.05, 0) is 0 Å². The molecule has 0 aliphatic heterocycles. The molecule has 3 heteroatoms. The Balaban J connectivity index is 0. The van der Waals surface area contributed by atoms with Gasteiger partial charge in [0, 0.05) is 20.5 Å². The SMILES string of the molecule is CC.CCC(=O)CC(=O)N(C)C. The molecule has 0 bridgehead atoms. The fourth-order valence-corrected chi connectivity index (χ4v) is 0.452. The second kappa shape index (κ2) is 8.24. The Labute approximate surface area is 74.7 Å². The summed E-state index contributed by atoms with van der Waals surface area (Å²) in [4.78, 5) is 22.9. The Morgan fingerprint density at radius 3 is 1.83 bits per heavy atom. The lowest BCUT2D eigenvalue weighted by molar-refractivity contribution is -0.133. The molecule has 0 unspecified atom stereocenters. The first kappa shape index (κ1) is 13.7. The summed E-state index contributed by atoms with van der Waals surface area (Å²) >= 11 is 0. The zero-order valence-electron chi connectivity index (χ0n) is 8.68. The summed E-state index contributed by atoms with van der Waals surface area (Å²) in [5.74, 6) is -0.120. The summed E-state index contributed by atoms with van der Waals surface area (Å²) in [7, 11) is 3.29. The van der Waals surface area contributed by atoms with Gasteiger partial charge in [0.05, 0.1) is 6.42 Å². The lowest BCUT2D eigenvalue weighted by Crippen LogP contribution is -2.23. The molecule has 72 valence electrons. The lowest BCUT2D eigenvalue weighted by Gasteiger charge is -2.07. The second-order valence-corrected chi connectivity index (χ2v) is 2.36. The number of ketones is 1. The summed E-state index contributed by atoms with van der Waals surface area (Å²) in [5, 5.41) is 0. The van der Waals surface area contributed by atoms with Crippen molar-refractivity contribution in [3.05, 3.63) is 0 Å². The molecule has 0 rings (SSSR count). The van der Waals surface area contributed by atoms with E-state index in [2.05, 4.69) is 0 Å². The molecule has 0 spiro atoms. The molecule has 0 aromatic rings. The van der Waals surface area contributed by atoms with E-state index >= 15 is 0 Å². The molecule has 3 nitrogen and oxygen atoms in total. The van der Waals surface area contributed by atoms with Gasteiger partial charge in [-0.1, -0.05) is 20.8 Å². The van der Waals surface area contributed by atoms with Crippen LogP contribution < -0.4 is 0 Å². The summed E-state index contributed by atoms with van der Waals surface area (Å²) < 4.78 is 0. The number of hydrogen-bond acceptors (Lipinski definition) is 2. The number of Topliss-reactive ketones (excluding diaryl/α,β-unsaturated/α-hetero) is 1. The molecule has 0 aromatic heterocycles. The maximum atomic E-state index is 10.8. The molecular formula is C9H19NO2. The third-order valence-electron chi connectivity index (χ3n) is 1.24. The minimum absolute atomic E-state index is 0.00120. The smallest absolute Gasteiger partial charge is 0.229 e. The van der Waals surface area contributed by atoms with Crippen LogP contribution in [0.5, 0.6) is 0 Å². The Hall–Kier alpha value is -0.860. The summed E-state index contributed by atoms with van der Waals surface area (Å²) in [5.41, 5.74) is 0. The summed E-state index contributed by atoms with van der Waals surface area (Å²) in [6.07, 6.45) is 0.489. The highest BCUT2D eigenvalue weighted by molar-refractivity contribution is 5.97. The van der Waals surface area contributed by atoms with Crippen molar-refractivity contribution >= 4 is 11.7 Å². The third kappa shape index (κ3) is 7.25. The van der Waals surface area contributed by atoms with E-state index in [9.17, 15) is 9.59 Å². The zero-order chi connectivity index (χ0) is 10.1. The molecule has 0 heterocycles. The Morgan fingerprint density at radius 2 is 1.58 bits per heavy atom. The normalized spacial score (nSPS) is 8.08. The maximum Gasteiger partial charge on any atom is 0.229 e. The minimum Gasteiger partial charge on any atom is -0.348 e. The summed E-state index contributed by atoms with van der Waals surface area (Å²) in [6, 6.07) is 0. The largest absolute Gasteiger partial charge is 0.348 e. The van der Waals surface area contributed by atoms with Gasteiger partial charge in [0.25, 0.3) is 0 Å². The van der Waals surface area contributed by atoms with E-state index in [1.165, 1.54) is 4.90 Å². The number of carbonyl (C=O) groups is 2. The first-order valence-corrected chi connectivity index (χ1v) is 4.29. The van der Waals surface area contributed by atoms with Gasteiger partial charge >= 0.3 is 0 Å².